The first-order chi connectivity index (χ1) is 12.2. The molecule has 0 saturated carbocycles. The average molecular weight is 332 g/mol. The smallest absolute Gasteiger partial charge is 0.267 e. The SMILES string of the molecule is CCC(CC)=NNC(=O)c1cc(-c2ccncc2)nc2ccccc12. The van der Waals surface area contributed by atoms with Crippen molar-refractivity contribution in [3.05, 3.63) is 60.4 Å². The van der Waals surface area contributed by atoms with Crippen LogP contribution in [0, 0.1) is 0 Å². The number of carbonyl (C=O) groups is 1. The number of fused-ring (bicyclic) bond motifs is 1. The Morgan fingerprint density at radius 1 is 1.08 bits per heavy atom. The Hall–Kier alpha value is -3.08. The number of amides is 1. The van der Waals surface area contributed by atoms with E-state index in [0.717, 1.165) is 40.7 Å². The highest BCUT2D eigenvalue weighted by Gasteiger charge is 2.13. The van der Waals surface area contributed by atoms with Crippen molar-refractivity contribution in [3.8, 4) is 11.3 Å². The summed E-state index contributed by atoms with van der Waals surface area (Å²) in [6, 6.07) is 13.2. The van der Waals surface area contributed by atoms with Crippen molar-refractivity contribution in [2.45, 2.75) is 26.7 Å². The van der Waals surface area contributed by atoms with Crippen molar-refractivity contribution in [1.29, 1.82) is 0 Å². The quantitative estimate of drug-likeness (QED) is 0.562. The van der Waals surface area contributed by atoms with Gasteiger partial charge in [0.2, 0.25) is 0 Å². The zero-order valence-electron chi connectivity index (χ0n) is 14.4. The van der Waals surface area contributed by atoms with E-state index in [2.05, 4.69) is 20.5 Å². The zero-order valence-corrected chi connectivity index (χ0v) is 14.4. The van der Waals surface area contributed by atoms with E-state index in [1.54, 1.807) is 18.5 Å². The molecule has 5 nitrogen and oxygen atoms in total. The second kappa shape index (κ2) is 7.66. The van der Waals surface area contributed by atoms with Crippen molar-refractivity contribution in [2.75, 3.05) is 0 Å². The number of pyridine rings is 2. The molecule has 2 heterocycles. The van der Waals surface area contributed by atoms with Gasteiger partial charge in [0, 0.05) is 29.1 Å². The Morgan fingerprint density at radius 3 is 2.52 bits per heavy atom. The predicted molar refractivity (Wildman–Crippen MR) is 100 cm³/mol. The van der Waals surface area contributed by atoms with Crippen LogP contribution in [0.1, 0.15) is 37.0 Å². The van der Waals surface area contributed by atoms with E-state index in [1.165, 1.54) is 0 Å². The second-order valence-electron chi connectivity index (χ2n) is 5.63. The predicted octanol–water partition coefficient (Wildman–Crippen LogP) is 4.20. The first-order valence-electron chi connectivity index (χ1n) is 8.38. The Bertz CT molecular complexity index is 913. The fourth-order valence-corrected chi connectivity index (χ4v) is 2.63. The van der Waals surface area contributed by atoms with Gasteiger partial charge in [-0.3, -0.25) is 9.78 Å². The van der Waals surface area contributed by atoms with E-state index < -0.39 is 0 Å². The molecule has 0 bridgehead atoms. The third kappa shape index (κ3) is 3.71. The number of nitrogens with one attached hydrogen (secondary N) is 1. The van der Waals surface area contributed by atoms with Gasteiger partial charge >= 0.3 is 0 Å². The van der Waals surface area contributed by atoms with Crippen LogP contribution in [-0.4, -0.2) is 21.6 Å². The fraction of sp³-hybridized carbons (Fsp3) is 0.200. The van der Waals surface area contributed by atoms with Crippen molar-refractivity contribution >= 4 is 22.5 Å². The van der Waals surface area contributed by atoms with Crippen LogP contribution in [0.15, 0.2) is 60.0 Å². The highest BCUT2D eigenvalue weighted by molar-refractivity contribution is 6.07. The maximum atomic E-state index is 12.7. The van der Waals surface area contributed by atoms with Gasteiger partial charge in [-0.25, -0.2) is 10.4 Å². The molecule has 3 rings (SSSR count). The first kappa shape index (κ1) is 16.8. The van der Waals surface area contributed by atoms with Crippen molar-refractivity contribution in [3.63, 3.8) is 0 Å². The minimum absolute atomic E-state index is 0.228. The molecule has 0 unspecified atom stereocenters. The van der Waals surface area contributed by atoms with Crippen LogP contribution in [0.5, 0.6) is 0 Å². The van der Waals surface area contributed by atoms with Gasteiger partial charge in [0.25, 0.3) is 5.91 Å². The summed E-state index contributed by atoms with van der Waals surface area (Å²) >= 11 is 0. The maximum Gasteiger partial charge on any atom is 0.272 e. The van der Waals surface area contributed by atoms with E-state index in [1.807, 2.05) is 50.2 Å². The van der Waals surface area contributed by atoms with Crippen LogP contribution in [0.4, 0.5) is 0 Å². The van der Waals surface area contributed by atoms with Gasteiger partial charge < -0.3 is 0 Å². The number of hydrogen-bond acceptors (Lipinski definition) is 4. The number of para-hydroxylation sites is 1. The van der Waals surface area contributed by atoms with E-state index in [-0.39, 0.29) is 5.91 Å². The molecule has 1 amide bonds. The third-order valence-corrected chi connectivity index (χ3v) is 4.07. The van der Waals surface area contributed by atoms with Crippen molar-refractivity contribution in [2.24, 2.45) is 5.10 Å². The Kier molecular flexibility index (Phi) is 5.14. The average Bonchev–Trinajstić information content (AvgIpc) is 2.68. The lowest BCUT2D eigenvalue weighted by molar-refractivity contribution is 0.0956. The largest absolute Gasteiger partial charge is 0.272 e. The molecule has 0 atom stereocenters. The van der Waals surface area contributed by atoms with Gasteiger partial charge in [0.1, 0.15) is 0 Å². The molecule has 5 heteroatoms. The summed E-state index contributed by atoms with van der Waals surface area (Å²) < 4.78 is 0. The topological polar surface area (TPSA) is 67.2 Å². The van der Waals surface area contributed by atoms with Gasteiger partial charge in [-0.05, 0) is 37.1 Å². The van der Waals surface area contributed by atoms with E-state index in [9.17, 15) is 4.79 Å². The van der Waals surface area contributed by atoms with Crippen molar-refractivity contribution < 1.29 is 4.79 Å². The van der Waals surface area contributed by atoms with E-state index >= 15 is 0 Å². The molecule has 0 radical (unpaired) electrons. The van der Waals surface area contributed by atoms with Crippen LogP contribution < -0.4 is 5.43 Å². The van der Waals surface area contributed by atoms with E-state index in [0.29, 0.717) is 5.56 Å². The summed E-state index contributed by atoms with van der Waals surface area (Å²) in [4.78, 5) is 21.4. The number of aromatic nitrogens is 2. The summed E-state index contributed by atoms with van der Waals surface area (Å²) in [6.45, 7) is 4.05. The molecule has 0 fully saturated rings. The number of carbonyl (C=O) groups excluding carboxylic acids is 1. The molecule has 25 heavy (non-hydrogen) atoms. The molecule has 0 saturated heterocycles. The van der Waals surface area contributed by atoms with Gasteiger partial charge in [-0.1, -0.05) is 32.0 Å². The molecule has 0 aliphatic carbocycles. The molecule has 1 N–H and O–H groups in total. The van der Waals surface area contributed by atoms with Gasteiger partial charge in [-0.15, -0.1) is 0 Å². The fourth-order valence-electron chi connectivity index (χ4n) is 2.63. The molecular formula is C20H20N4O. The lowest BCUT2D eigenvalue weighted by Gasteiger charge is -2.09. The third-order valence-electron chi connectivity index (χ3n) is 4.07. The summed E-state index contributed by atoms with van der Waals surface area (Å²) in [5.41, 5.74) is 6.63. The second-order valence-corrected chi connectivity index (χ2v) is 5.63. The Labute approximate surface area is 146 Å². The molecule has 3 aromatic rings. The standard InChI is InChI=1S/C20H20N4O/c1-3-15(4-2)23-24-20(25)17-13-19(14-9-11-21-12-10-14)22-18-8-6-5-7-16(17)18/h5-13H,3-4H2,1-2H3,(H,24,25). The minimum Gasteiger partial charge on any atom is -0.267 e. The van der Waals surface area contributed by atoms with Crippen LogP contribution in [0.25, 0.3) is 22.2 Å². The number of benzene rings is 1. The highest BCUT2D eigenvalue weighted by Crippen LogP contribution is 2.24. The lowest BCUT2D eigenvalue weighted by atomic mass is 10.0. The summed E-state index contributed by atoms with van der Waals surface area (Å²) in [7, 11) is 0. The highest BCUT2D eigenvalue weighted by atomic mass is 16.2. The minimum atomic E-state index is -0.228. The van der Waals surface area contributed by atoms with Gasteiger partial charge in [0.15, 0.2) is 0 Å². The van der Waals surface area contributed by atoms with Crippen LogP contribution in [0.2, 0.25) is 0 Å². The number of hydrazone groups is 1. The molecule has 0 aliphatic heterocycles. The molecular weight excluding hydrogens is 312 g/mol. The Morgan fingerprint density at radius 2 is 1.80 bits per heavy atom. The number of hydrogen-bond donors (Lipinski definition) is 1. The zero-order chi connectivity index (χ0) is 17.6. The lowest BCUT2D eigenvalue weighted by Crippen LogP contribution is -2.20. The molecule has 1 aromatic carbocycles. The van der Waals surface area contributed by atoms with Gasteiger partial charge in [0.05, 0.1) is 16.8 Å². The van der Waals surface area contributed by atoms with Gasteiger partial charge in [-0.2, -0.15) is 5.10 Å². The maximum absolute atomic E-state index is 12.7. The molecule has 2 aromatic heterocycles. The first-order valence-corrected chi connectivity index (χ1v) is 8.38. The summed E-state index contributed by atoms with van der Waals surface area (Å²) in [5, 5.41) is 5.04. The van der Waals surface area contributed by atoms with Crippen LogP contribution >= 0.6 is 0 Å². The number of nitrogens with zero attached hydrogens (tertiary/aromatic N) is 3. The molecule has 0 aliphatic rings. The van der Waals surface area contributed by atoms with Crippen LogP contribution in [0.3, 0.4) is 0 Å². The van der Waals surface area contributed by atoms with Crippen LogP contribution in [-0.2, 0) is 0 Å². The summed E-state index contributed by atoms with van der Waals surface area (Å²) in [6.07, 6.45) is 5.06. The van der Waals surface area contributed by atoms with E-state index in [4.69, 9.17) is 0 Å². The normalized spacial score (nSPS) is 10.5. The monoisotopic (exact) mass is 332 g/mol. The number of rotatable bonds is 5. The van der Waals surface area contributed by atoms with Crippen molar-refractivity contribution in [1.82, 2.24) is 15.4 Å². The molecule has 0 spiro atoms. The summed E-state index contributed by atoms with van der Waals surface area (Å²) in [5.74, 6) is -0.228. The molecule has 126 valence electrons. The Balaban J connectivity index is 2.07.